The van der Waals surface area contributed by atoms with Gasteiger partial charge in [-0.2, -0.15) is 4.31 Å². The van der Waals surface area contributed by atoms with Crippen molar-refractivity contribution in [2.24, 2.45) is 0 Å². The third kappa shape index (κ3) is 5.21. The summed E-state index contributed by atoms with van der Waals surface area (Å²) in [6.07, 6.45) is 2.81. The van der Waals surface area contributed by atoms with Gasteiger partial charge in [0.15, 0.2) is 5.16 Å². The lowest BCUT2D eigenvalue weighted by molar-refractivity contribution is -0.119. The van der Waals surface area contributed by atoms with Crippen LogP contribution in [0, 0.1) is 0 Å². The highest BCUT2D eigenvalue weighted by atomic mass is 32.2. The van der Waals surface area contributed by atoms with Crippen LogP contribution < -0.4 is 10.6 Å². The molecule has 1 saturated heterocycles. The summed E-state index contributed by atoms with van der Waals surface area (Å²) in [5, 5.41) is 4.88. The highest BCUT2D eigenvalue weighted by molar-refractivity contribution is 8.00. The number of carbonyl (C=O) groups excluding carboxylic acids is 2. The van der Waals surface area contributed by atoms with E-state index in [0.717, 1.165) is 24.8 Å². The maximum atomic E-state index is 13.0. The first-order chi connectivity index (χ1) is 14.8. The summed E-state index contributed by atoms with van der Waals surface area (Å²) in [5.41, 5.74) is 1.37. The third-order valence-corrected chi connectivity index (χ3v) is 8.16. The van der Waals surface area contributed by atoms with Crippen molar-refractivity contribution in [3.8, 4) is 0 Å². The molecule has 9 nitrogen and oxygen atoms in total. The predicted octanol–water partition coefficient (Wildman–Crippen LogP) is 2.56. The van der Waals surface area contributed by atoms with Gasteiger partial charge in [0.25, 0.3) is 0 Å². The molecule has 1 aliphatic heterocycles. The largest absolute Gasteiger partial charge is 0.338 e. The Morgan fingerprint density at radius 3 is 2.55 bits per heavy atom. The first-order valence-electron chi connectivity index (χ1n) is 10.5. The van der Waals surface area contributed by atoms with Crippen LogP contribution in [0.3, 0.4) is 0 Å². The van der Waals surface area contributed by atoms with Crippen LogP contribution in [0.4, 0.5) is 4.79 Å². The first kappa shape index (κ1) is 23.6. The van der Waals surface area contributed by atoms with Crippen molar-refractivity contribution < 1.29 is 18.0 Å². The lowest BCUT2D eigenvalue weighted by Gasteiger charge is -2.25. The van der Waals surface area contributed by atoms with Gasteiger partial charge in [0, 0.05) is 26.2 Å². The number of piperidine rings is 1. The van der Waals surface area contributed by atoms with Gasteiger partial charge in [0.1, 0.15) is 0 Å². The summed E-state index contributed by atoms with van der Waals surface area (Å²) in [6, 6.07) is 4.47. The van der Waals surface area contributed by atoms with Gasteiger partial charge in [-0.15, -0.1) is 0 Å². The number of rotatable bonds is 7. The molecule has 11 heteroatoms. The second-order valence-corrected chi connectivity index (χ2v) is 10.6. The number of amides is 3. The molecule has 2 N–H and O–H groups in total. The molecule has 1 atom stereocenters. The van der Waals surface area contributed by atoms with Crippen LogP contribution in [0.2, 0.25) is 0 Å². The number of aryl methyl sites for hydroxylation is 1. The molecule has 1 fully saturated rings. The SMILES string of the molecule is CCNC(=O)NC(=O)C(C)Sc1nc2cc(S(=O)(=O)N3CCCCC3)ccc2n1CC. The summed E-state index contributed by atoms with van der Waals surface area (Å²) < 4.78 is 29.5. The molecule has 1 aliphatic rings. The van der Waals surface area contributed by atoms with Gasteiger partial charge in [-0.1, -0.05) is 18.2 Å². The maximum Gasteiger partial charge on any atom is 0.321 e. The molecule has 0 bridgehead atoms. The van der Waals surface area contributed by atoms with E-state index in [-0.39, 0.29) is 4.90 Å². The fourth-order valence-corrected chi connectivity index (χ4v) is 6.05. The minimum absolute atomic E-state index is 0.237. The Kier molecular flexibility index (Phi) is 7.60. The highest BCUT2D eigenvalue weighted by Gasteiger charge is 2.27. The quantitative estimate of drug-likeness (QED) is 0.605. The number of aromatic nitrogens is 2. The Morgan fingerprint density at radius 1 is 1.19 bits per heavy atom. The van der Waals surface area contributed by atoms with E-state index < -0.39 is 27.2 Å². The number of nitrogens with one attached hydrogen (secondary N) is 2. The summed E-state index contributed by atoms with van der Waals surface area (Å²) in [7, 11) is -3.55. The highest BCUT2D eigenvalue weighted by Crippen LogP contribution is 2.30. The number of sulfonamides is 1. The third-order valence-electron chi connectivity index (χ3n) is 5.18. The number of nitrogens with zero attached hydrogens (tertiary/aromatic N) is 3. The molecule has 1 unspecified atom stereocenters. The second-order valence-electron chi connectivity index (χ2n) is 7.36. The summed E-state index contributed by atoms with van der Waals surface area (Å²) in [5.74, 6) is -0.418. The molecule has 0 radical (unpaired) electrons. The molecule has 1 aromatic heterocycles. The van der Waals surface area contributed by atoms with Crippen molar-refractivity contribution in [3.63, 3.8) is 0 Å². The Bertz CT molecular complexity index is 1060. The Hall–Kier alpha value is -2.11. The molecule has 1 aromatic carbocycles. The summed E-state index contributed by atoms with van der Waals surface area (Å²) >= 11 is 1.23. The van der Waals surface area contributed by atoms with E-state index in [1.54, 1.807) is 32.0 Å². The van der Waals surface area contributed by atoms with E-state index in [0.29, 0.717) is 36.9 Å². The average Bonchev–Trinajstić information content (AvgIpc) is 3.10. The molecule has 31 heavy (non-hydrogen) atoms. The smallest absolute Gasteiger partial charge is 0.321 e. The van der Waals surface area contributed by atoms with E-state index in [4.69, 9.17) is 0 Å². The van der Waals surface area contributed by atoms with Crippen LogP contribution in [-0.4, -0.2) is 59.1 Å². The molecule has 2 heterocycles. The fraction of sp³-hybridized carbons (Fsp3) is 0.550. The number of urea groups is 1. The zero-order chi connectivity index (χ0) is 22.6. The van der Waals surface area contributed by atoms with Crippen molar-refractivity contribution in [2.45, 2.75) is 61.9 Å². The van der Waals surface area contributed by atoms with Gasteiger partial charge < -0.3 is 9.88 Å². The van der Waals surface area contributed by atoms with Crippen LogP contribution >= 0.6 is 11.8 Å². The van der Waals surface area contributed by atoms with Gasteiger partial charge in [-0.05, 0) is 51.8 Å². The molecular weight excluding hydrogens is 438 g/mol. The number of benzene rings is 1. The number of imide groups is 1. The van der Waals surface area contributed by atoms with E-state index >= 15 is 0 Å². The Morgan fingerprint density at radius 2 is 1.90 bits per heavy atom. The molecule has 3 amide bonds. The van der Waals surface area contributed by atoms with Crippen molar-refractivity contribution in [1.29, 1.82) is 0 Å². The number of thioether (sulfide) groups is 1. The standard InChI is InChI=1S/C20H29N5O4S2/c1-4-21-19(27)23-18(26)14(3)30-20-22-16-13-15(9-10-17(16)25(20)5-2)31(28,29)24-11-7-6-8-12-24/h9-10,13-14H,4-8,11-12H2,1-3H3,(H2,21,23,26,27). The summed E-state index contributed by atoms with van der Waals surface area (Å²) in [4.78, 5) is 28.7. The van der Waals surface area contributed by atoms with Crippen LogP contribution in [0.25, 0.3) is 11.0 Å². The molecular formula is C20H29N5O4S2. The number of imidazole rings is 1. The minimum atomic E-state index is -3.55. The van der Waals surface area contributed by atoms with Crippen LogP contribution in [0.15, 0.2) is 28.3 Å². The molecule has 2 aromatic rings. The van der Waals surface area contributed by atoms with Crippen molar-refractivity contribution in [1.82, 2.24) is 24.5 Å². The topological polar surface area (TPSA) is 113 Å². The van der Waals surface area contributed by atoms with Gasteiger partial charge in [-0.25, -0.2) is 18.2 Å². The number of hydrogen-bond acceptors (Lipinski definition) is 6. The van der Waals surface area contributed by atoms with E-state index in [9.17, 15) is 18.0 Å². The van der Waals surface area contributed by atoms with E-state index in [2.05, 4.69) is 15.6 Å². The van der Waals surface area contributed by atoms with E-state index in [1.807, 2.05) is 11.5 Å². The van der Waals surface area contributed by atoms with Crippen LogP contribution in [-0.2, 0) is 21.4 Å². The van der Waals surface area contributed by atoms with Crippen molar-refractivity contribution in [3.05, 3.63) is 18.2 Å². The molecule has 0 spiro atoms. The van der Waals surface area contributed by atoms with Gasteiger partial charge in [0.05, 0.1) is 21.2 Å². The van der Waals surface area contributed by atoms with Gasteiger partial charge in [0.2, 0.25) is 15.9 Å². The first-order valence-corrected chi connectivity index (χ1v) is 12.9. The minimum Gasteiger partial charge on any atom is -0.338 e. The second kappa shape index (κ2) is 10.0. The molecule has 0 aliphatic carbocycles. The molecule has 3 rings (SSSR count). The lowest BCUT2D eigenvalue weighted by Crippen LogP contribution is -2.42. The van der Waals surface area contributed by atoms with Crippen LogP contribution in [0.5, 0.6) is 0 Å². The average molecular weight is 468 g/mol. The van der Waals surface area contributed by atoms with Gasteiger partial charge >= 0.3 is 6.03 Å². The summed E-state index contributed by atoms with van der Waals surface area (Å²) in [6.45, 7) is 7.56. The predicted molar refractivity (Wildman–Crippen MR) is 121 cm³/mol. The van der Waals surface area contributed by atoms with Crippen molar-refractivity contribution >= 4 is 44.8 Å². The molecule has 0 saturated carbocycles. The van der Waals surface area contributed by atoms with E-state index in [1.165, 1.54) is 16.1 Å². The zero-order valence-electron chi connectivity index (χ0n) is 18.1. The fourth-order valence-electron chi connectivity index (χ4n) is 3.53. The Labute approximate surface area is 187 Å². The number of hydrogen-bond donors (Lipinski definition) is 2. The molecule has 170 valence electrons. The monoisotopic (exact) mass is 467 g/mol. The number of carbonyl (C=O) groups is 2. The maximum absolute atomic E-state index is 13.0. The lowest BCUT2D eigenvalue weighted by atomic mass is 10.2. The Balaban J connectivity index is 1.85. The normalized spacial score (nSPS) is 16.2. The van der Waals surface area contributed by atoms with Gasteiger partial charge in [-0.3, -0.25) is 10.1 Å². The van der Waals surface area contributed by atoms with Crippen LogP contribution in [0.1, 0.15) is 40.0 Å². The number of fused-ring (bicyclic) bond motifs is 1. The zero-order valence-corrected chi connectivity index (χ0v) is 19.7. The van der Waals surface area contributed by atoms with Crippen molar-refractivity contribution in [2.75, 3.05) is 19.6 Å².